The molecule has 0 aliphatic heterocycles. The first-order valence-electron chi connectivity index (χ1n) is 8.41. The lowest BCUT2D eigenvalue weighted by Gasteiger charge is -2.17. The fourth-order valence-electron chi connectivity index (χ4n) is 2.90. The molecular formula is C19H23N3O5. The fraction of sp³-hybridized carbons (Fsp3) is 0.316. The second kappa shape index (κ2) is 8.50. The van der Waals surface area contributed by atoms with Crippen molar-refractivity contribution >= 4 is 17.9 Å². The highest BCUT2D eigenvalue weighted by Crippen LogP contribution is 2.27. The van der Waals surface area contributed by atoms with Gasteiger partial charge in [-0.15, -0.1) is 0 Å². The van der Waals surface area contributed by atoms with E-state index in [-0.39, 0.29) is 5.69 Å². The molecule has 0 fully saturated rings. The predicted octanol–water partition coefficient (Wildman–Crippen LogP) is 2.04. The second-order valence-corrected chi connectivity index (χ2v) is 6.10. The number of ether oxygens (including phenoxy) is 1. The maximum absolute atomic E-state index is 12.7. The van der Waals surface area contributed by atoms with Crippen LogP contribution in [0.5, 0.6) is 0 Å². The number of aliphatic hydroxyl groups is 1. The monoisotopic (exact) mass is 373 g/mol. The van der Waals surface area contributed by atoms with Gasteiger partial charge in [0.25, 0.3) is 5.91 Å². The van der Waals surface area contributed by atoms with E-state index in [2.05, 4.69) is 15.6 Å². The Labute approximate surface area is 156 Å². The largest absolute Gasteiger partial charge is 0.443 e. The Morgan fingerprint density at radius 1 is 1.15 bits per heavy atom. The van der Waals surface area contributed by atoms with E-state index < -0.39 is 30.1 Å². The van der Waals surface area contributed by atoms with E-state index >= 15 is 0 Å². The number of esters is 1. The average Bonchev–Trinajstić information content (AvgIpc) is 2.94. The number of rotatable bonds is 5. The Morgan fingerprint density at radius 3 is 2.30 bits per heavy atom. The summed E-state index contributed by atoms with van der Waals surface area (Å²) in [5.41, 5.74) is 2.36. The van der Waals surface area contributed by atoms with Crippen molar-refractivity contribution in [3.63, 3.8) is 0 Å². The van der Waals surface area contributed by atoms with Crippen molar-refractivity contribution in [2.24, 2.45) is 0 Å². The average molecular weight is 373 g/mol. The van der Waals surface area contributed by atoms with E-state index in [9.17, 15) is 19.5 Å². The molecule has 144 valence electrons. The summed E-state index contributed by atoms with van der Waals surface area (Å²) < 4.78 is 5.41. The summed E-state index contributed by atoms with van der Waals surface area (Å²) in [5, 5.41) is 14.3. The Hall–Kier alpha value is -3.13. The summed E-state index contributed by atoms with van der Waals surface area (Å²) in [4.78, 5) is 39.5. The minimum Gasteiger partial charge on any atom is -0.443 e. The number of imide groups is 1. The first-order valence-corrected chi connectivity index (χ1v) is 8.41. The molecule has 8 nitrogen and oxygen atoms in total. The molecule has 0 saturated heterocycles. The molecule has 27 heavy (non-hydrogen) atoms. The van der Waals surface area contributed by atoms with Crippen molar-refractivity contribution in [2.45, 2.75) is 33.0 Å². The van der Waals surface area contributed by atoms with E-state index in [1.165, 1.54) is 7.05 Å². The number of aromatic nitrogens is 1. The van der Waals surface area contributed by atoms with Gasteiger partial charge in [0.05, 0.1) is 6.10 Å². The van der Waals surface area contributed by atoms with Gasteiger partial charge in [-0.3, -0.25) is 10.1 Å². The second-order valence-electron chi connectivity index (χ2n) is 6.10. The lowest BCUT2D eigenvalue weighted by molar-refractivity contribution is -0.129. The van der Waals surface area contributed by atoms with Crippen molar-refractivity contribution in [3.05, 3.63) is 58.4 Å². The molecule has 2 atom stereocenters. The quantitative estimate of drug-likeness (QED) is 0.598. The Morgan fingerprint density at radius 2 is 1.78 bits per heavy atom. The third-order valence-electron chi connectivity index (χ3n) is 4.15. The molecule has 8 heteroatoms. The molecule has 0 aliphatic rings. The fourth-order valence-corrected chi connectivity index (χ4v) is 2.90. The molecule has 4 N–H and O–H groups in total. The molecule has 0 bridgehead atoms. The molecule has 2 aromatic rings. The number of aryl methyl sites for hydroxylation is 1. The lowest BCUT2D eigenvalue weighted by atomic mass is 10.1. The maximum Gasteiger partial charge on any atom is 0.356 e. The zero-order valence-electron chi connectivity index (χ0n) is 15.6. The van der Waals surface area contributed by atoms with Crippen molar-refractivity contribution in [1.29, 1.82) is 0 Å². The van der Waals surface area contributed by atoms with Gasteiger partial charge >= 0.3 is 12.0 Å². The molecule has 0 spiro atoms. The van der Waals surface area contributed by atoms with E-state index in [4.69, 9.17) is 4.74 Å². The molecule has 0 radical (unpaired) electrons. The van der Waals surface area contributed by atoms with Crippen LogP contribution in [0.2, 0.25) is 0 Å². The number of carbonyl (C=O) groups is 3. The van der Waals surface area contributed by atoms with Crippen LogP contribution in [0, 0.1) is 13.8 Å². The first kappa shape index (κ1) is 20.2. The minimum atomic E-state index is -1.31. The van der Waals surface area contributed by atoms with Gasteiger partial charge in [0.15, 0.2) is 0 Å². The SMILES string of the molecule is CNC(=O)NC(=O)[C@@H](OC(=O)c1[nH]c(C)c([C@@H](C)O)c1C)c1ccccc1. The van der Waals surface area contributed by atoms with Crippen molar-refractivity contribution in [3.8, 4) is 0 Å². The van der Waals surface area contributed by atoms with Crippen LogP contribution < -0.4 is 10.6 Å². The number of carbonyl (C=O) groups excluding carboxylic acids is 3. The Bertz CT molecular complexity index is 843. The van der Waals surface area contributed by atoms with Crippen molar-refractivity contribution in [2.75, 3.05) is 7.05 Å². The highest BCUT2D eigenvalue weighted by molar-refractivity contribution is 5.99. The van der Waals surface area contributed by atoms with E-state index in [0.717, 1.165) is 0 Å². The van der Waals surface area contributed by atoms with Crippen LogP contribution >= 0.6 is 0 Å². The van der Waals surface area contributed by atoms with E-state index in [0.29, 0.717) is 22.4 Å². The van der Waals surface area contributed by atoms with Gasteiger partial charge in [0, 0.05) is 23.9 Å². The number of amides is 3. The normalized spacial score (nSPS) is 12.8. The van der Waals surface area contributed by atoms with Crippen molar-refractivity contribution < 1.29 is 24.2 Å². The van der Waals surface area contributed by atoms with Crippen LogP contribution in [0.1, 0.15) is 52.0 Å². The summed E-state index contributed by atoms with van der Waals surface area (Å²) in [6.45, 7) is 5.02. The summed E-state index contributed by atoms with van der Waals surface area (Å²) in [5.74, 6) is -1.53. The van der Waals surface area contributed by atoms with Gasteiger partial charge < -0.3 is 20.1 Å². The molecule has 1 heterocycles. The van der Waals surface area contributed by atoms with Crippen LogP contribution in [0.4, 0.5) is 4.79 Å². The van der Waals surface area contributed by atoms with Gasteiger partial charge in [-0.1, -0.05) is 30.3 Å². The smallest absolute Gasteiger partial charge is 0.356 e. The summed E-state index contributed by atoms with van der Waals surface area (Å²) in [6, 6.07) is 7.68. The van der Waals surface area contributed by atoms with E-state index in [1.54, 1.807) is 51.1 Å². The molecule has 2 rings (SSSR count). The maximum atomic E-state index is 12.7. The number of H-pyrrole nitrogens is 1. The number of aromatic amines is 1. The van der Waals surface area contributed by atoms with Crippen LogP contribution in [0.25, 0.3) is 0 Å². The predicted molar refractivity (Wildman–Crippen MR) is 98.1 cm³/mol. The van der Waals surface area contributed by atoms with Gasteiger partial charge in [-0.05, 0) is 26.3 Å². The summed E-state index contributed by atoms with van der Waals surface area (Å²) >= 11 is 0. The van der Waals surface area contributed by atoms with Crippen molar-refractivity contribution in [1.82, 2.24) is 15.6 Å². The van der Waals surface area contributed by atoms with Crippen LogP contribution in [0.3, 0.4) is 0 Å². The molecular weight excluding hydrogens is 350 g/mol. The van der Waals surface area contributed by atoms with Gasteiger partial charge in [-0.25, -0.2) is 9.59 Å². The van der Waals surface area contributed by atoms with Crippen LogP contribution in [0.15, 0.2) is 30.3 Å². The van der Waals surface area contributed by atoms with Gasteiger partial charge in [0.2, 0.25) is 6.10 Å². The third kappa shape index (κ3) is 4.53. The molecule has 1 aromatic carbocycles. The van der Waals surface area contributed by atoms with E-state index in [1.807, 2.05) is 0 Å². The zero-order valence-corrected chi connectivity index (χ0v) is 15.6. The van der Waals surface area contributed by atoms with Gasteiger partial charge in [0.1, 0.15) is 5.69 Å². The summed E-state index contributed by atoms with van der Waals surface area (Å²) in [7, 11) is 1.37. The minimum absolute atomic E-state index is 0.150. The summed E-state index contributed by atoms with van der Waals surface area (Å²) in [6.07, 6.45) is -2.07. The molecule has 1 aromatic heterocycles. The molecule has 0 aliphatic carbocycles. The lowest BCUT2D eigenvalue weighted by Crippen LogP contribution is -2.41. The standard InChI is InChI=1S/C19H23N3O5/c1-10-14(12(3)23)11(2)21-15(10)18(25)27-16(13-8-6-5-7-9-13)17(24)22-19(26)20-4/h5-9,12,16,21,23H,1-4H3,(H2,20,22,24,26)/t12-,16+/m1/s1. The number of hydrogen-bond acceptors (Lipinski definition) is 5. The number of hydrogen-bond donors (Lipinski definition) is 4. The molecule has 0 unspecified atom stereocenters. The van der Waals surface area contributed by atoms with Crippen LogP contribution in [-0.2, 0) is 9.53 Å². The highest BCUT2D eigenvalue weighted by Gasteiger charge is 2.29. The topological polar surface area (TPSA) is 121 Å². The number of nitrogens with one attached hydrogen (secondary N) is 3. The Kier molecular flexibility index (Phi) is 6.36. The van der Waals surface area contributed by atoms with Crippen LogP contribution in [-0.4, -0.2) is 35.0 Å². The molecule has 0 saturated carbocycles. The highest BCUT2D eigenvalue weighted by atomic mass is 16.5. The van der Waals surface area contributed by atoms with Gasteiger partial charge in [-0.2, -0.15) is 0 Å². The first-order chi connectivity index (χ1) is 12.8. The zero-order chi connectivity index (χ0) is 20.1. The molecule has 3 amide bonds. The Balaban J connectivity index is 2.33. The number of aliphatic hydroxyl groups excluding tert-OH is 1. The number of benzene rings is 1. The number of urea groups is 1. The third-order valence-corrected chi connectivity index (χ3v) is 4.15.